The fourth-order valence-corrected chi connectivity index (χ4v) is 4.56. The standard InChI is InChI=1S/C27H20N2/c1-28-24-11-5-2-10-22(24)23-18-19(14-15-25(23)28)16-17-29-26-12-6-3-8-20(26)21-9-4-7-13-27(21)29/h2-18H,1H3/b17-16-. The second-order valence-corrected chi connectivity index (χ2v) is 7.57. The van der Waals surface area contributed by atoms with Crippen LogP contribution in [0.15, 0.2) is 91.0 Å². The van der Waals surface area contributed by atoms with Crippen LogP contribution in [0.4, 0.5) is 0 Å². The molecule has 0 atom stereocenters. The average Bonchev–Trinajstić information content (AvgIpc) is 3.25. The molecule has 0 fully saturated rings. The molecule has 0 bridgehead atoms. The van der Waals surface area contributed by atoms with Crippen molar-refractivity contribution in [2.24, 2.45) is 7.05 Å². The Morgan fingerprint density at radius 2 is 1.07 bits per heavy atom. The van der Waals surface area contributed by atoms with Crippen LogP contribution in [-0.2, 0) is 7.05 Å². The Bertz CT molecular complexity index is 1510. The second-order valence-electron chi connectivity index (χ2n) is 7.57. The van der Waals surface area contributed by atoms with Gasteiger partial charge in [-0.05, 0) is 42.0 Å². The molecule has 4 aromatic carbocycles. The summed E-state index contributed by atoms with van der Waals surface area (Å²) in [5.74, 6) is 0. The van der Waals surface area contributed by atoms with Gasteiger partial charge in [-0.2, -0.15) is 0 Å². The van der Waals surface area contributed by atoms with Gasteiger partial charge >= 0.3 is 0 Å². The smallest absolute Gasteiger partial charge is 0.0534 e. The van der Waals surface area contributed by atoms with Crippen LogP contribution in [0.1, 0.15) is 5.56 Å². The monoisotopic (exact) mass is 372 g/mol. The van der Waals surface area contributed by atoms with Gasteiger partial charge in [-0.3, -0.25) is 0 Å². The lowest BCUT2D eigenvalue weighted by Gasteiger charge is -2.02. The van der Waals surface area contributed by atoms with Crippen LogP contribution in [0.5, 0.6) is 0 Å². The molecule has 0 aliphatic heterocycles. The first kappa shape index (κ1) is 16.2. The summed E-state index contributed by atoms with van der Waals surface area (Å²) >= 11 is 0. The summed E-state index contributed by atoms with van der Waals surface area (Å²) in [5, 5.41) is 5.18. The lowest BCUT2D eigenvalue weighted by Crippen LogP contribution is -1.86. The molecule has 2 heterocycles. The number of aryl methyl sites for hydroxylation is 1. The number of rotatable bonds is 2. The number of benzene rings is 4. The molecule has 0 radical (unpaired) electrons. The SMILES string of the molecule is Cn1c2ccccc2c2cc(/C=C\n3c4ccccc4c4ccccc43)ccc21. The molecule has 0 saturated heterocycles. The van der Waals surface area contributed by atoms with Crippen molar-refractivity contribution in [2.75, 3.05) is 0 Å². The lowest BCUT2D eigenvalue weighted by atomic mass is 10.1. The van der Waals surface area contributed by atoms with Crippen LogP contribution in [0, 0.1) is 0 Å². The summed E-state index contributed by atoms with van der Waals surface area (Å²) in [6.45, 7) is 0. The van der Waals surface area contributed by atoms with Gasteiger partial charge in [0.25, 0.3) is 0 Å². The first-order valence-corrected chi connectivity index (χ1v) is 9.94. The van der Waals surface area contributed by atoms with Gasteiger partial charge in [-0.25, -0.2) is 0 Å². The van der Waals surface area contributed by atoms with Crippen molar-refractivity contribution in [3.8, 4) is 0 Å². The van der Waals surface area contributed by atoms with Crippen LogP contribution in [0.3, 0.4) is 0 Å². The van der Waals surface area contributed by atoms with Gasteiger partial charge in [0.1, 0.15) is 0 Å². The maximum Gasteiger partial charge on any atom is 0.0534 e. The molecule has 29 heavy (non-hydrogen) atoms. The predicted molar refractivity (Wildman–Crippen MR) is 125 cm³/mol. The Balaban J connectivity index is 1.54. The third-order valence-corrected chi connectivity index (χ3v) is 5.97. The van der Waals surface area contributed by atoms with E-state index in [1.54, 1.807) is 0 Å². The maximum absolute atomic E-state index is 2.29. The van der Waals surface area contributed by atoms with E-state index < -0.39 is 0 Å². The molecule has 0 amide bonds. The Hall–Kier alpha value is -3.78. The fraction of sp³-hybridized carbons (Fsp3) is 0.0370. The minimum atomic E-state index is 1.20. The number of hydrogen-bond acceptors (Lipinski definition) is 0. The van der Waals surface area contributed by atoms with E-state index in [-0.39, 0.29) is 0 Å². The zero-order valence-electron chi connectivity index (χ0n) is 16.2. The minimum absolute atomic E-state index is 1.20. The molecule has 2 nitrogen and oxygen atoms in total. The molecule has 138 valence electrons. The van der Waals surface area contributed by atoms with E-state index in [1.165, 1.54) is 49.2 Å². The number of nitrogens with zero attached hydrogens (tertiary/aromatic N) is 2. The summed E-state index contributed by atoms with van der Waals surface area (Å²) in [6, 6.07) is 32.5. The predicted octanol–water partition coefficient (Wildman–Crippen LogP) is 7.07. The molecular weight excluding hydrogens is 352 g/mol. The molecule has 0 aliphatic carbocycles. The lowest BCUT2D eigenvalue weighted by molar-refractivity contribution is 1.01. The highest BCUT2D eigenvalue weighted by molar-refractivity contribution is 6.10. The Morgan fingerprint density at radius 3 is 1.72 bits per heavy atom. The van der Waals surface area contributed by atoms with Crippen LogP contribution >= 0.6 is 0 Å². The van der Waals surface area contributed by atoms with Gasteiger partial charge in [0, 0.05) is 45.8 Å². The molecule has 6 rings (SSSR count). The van der Waals surface area contributed by atoms with Crippen molar-refractivity contribution in [2.45, 2.75) is 0 Å². The van der Waals surface area contributed by atoms with E-state index in [9.17, 15) is 0 Å². The molecule has 0 spiro atoms. The van der Waals surface area contributed by atoms with Crippen molar-refractivity contribution in [1.29, 1.82) is 0 Å². The Morgan fingerprint density at radius 1 is 0.552 bits per heavy atom. The number of fused-ring (bicyclic) bond motifs is 6. The summed E-state index contributed by atoms with van der Waals surface area (Å²) in [4.78, 5) is 0. The summed E-state index contributed by atoms with van der Waals surface area (Å²) in [5.41, 5.74) is 6.20. The second kappa shape index (κ2) is 6.11. The van der Waals surface area contributed by atoms with Crippen LogP contribution in [-0.4, -0.2) is 9.13 Å². The third kappa shape index (κ3) is 2.36. The quantitative estimate of drug-likeness (QED) is 0.308. The third-order valence-electron chi connectivity index (χ3n) is 5.97. The minimum Gasteiger partial charge on any atom is -0.344 e. The van der Waals surface area contributed by atoms with Gasteiger partial charge in [-0.1, -0.05) is 60.7 Å². The fourth-order valence-electron chi connectivity index (χ4n) is 4.56. The molecule has 6 aromatic rings. The molecule has 2 aromatic heterocycles. The van der Waals surface area contributed by atoms with E-state index >= 15 is 0 Å². The molecular formula is C27H20N2. The van der Waals surface area contributed by atoms with Crippen molar-refractivity contribution in [3.05, 3.63) is 96.6 Å². The highest BCUT2D eigenvalue weighted by Crippen LogP contribution is 2.31. The largest absolute Gasteiger partial charge is 0.344 e. The van der Waals surface area contributed by atoms with Gasteiger partial charge in [-0.15, -0.1) is 0 Å². The number of para-hydroxylation sites is 3. The van der Waals surface area contributed by atoms with Crippen molar-refractivity contribution in [1.82, 2.24) is 9.13 Å². The van der Waals surface area contributed by atoms with Gasteiger partial charge in [0.05, 0.1) is 11.0 Å². The van der Waals surface area contributed by atoms with Gasteiger partial charge in [0.15, 0.2) is 0 Å². The van der Waals surface area contributed by atoms with Gasteiger partial charge < -0.3 is 9.13 Å². The van der Waals surface area contributed by atoms with E-state index in [0.29, 0.717) is 0 Å². The molecule has 2 heteroatoms. The van der Waals surface area contributed by atoms with Crippen LogP contribution < -0.4 is 0 Å². The van der Waals surface area contributed by atoms with E-state index in [0.717, 1.165) is 0 Å². The van der Waals surface area contributed by atoms with E-state index in [1.807, 2.05) is 0 Å². The van der Waals surface area contributed by atoms with E-state index in [2.05, 4.69) is 119 Å². The molecule has 0 unspecified atom stereocenters. The molecule has 0 N–H and O–H groups in total. The summed E-state index contributed by atoms with van der Waals surface area (Å²) in [6.07, 6.45) is 4.40. The average molecular weight is 372 g/mol. The van der Waals surface area contributed by atoms with E-state index in [4.69, 9.17) is 0 Å². The normalized spacial score (nSPS) is 12.2. The van der Waals surface area contributed by atoms with Crippen molar-refractivity contribution >= 4 is 55.9 Å². The zero-order chi connectivity index (χ0) is 19.4. The number of hydrogen-bond donors (Lipinski definition) is 0. The molecule has 0 aliphatic rings. The maximum atomic E-state index is 2.29. The summed E-state index contributed by atoms with van der Waals surface area (Å²) in [7, 11) is 2.14. The van der Waals surface area contributed by atoms with Crippen molar-refractivity contribution in [3.63, 3.8) is 0 Å². The van der Waals surface area contributed by atoms with Crippen molar-refractivity contribution < 1.29 is 0 Å². The Labute approximate surface area is 168 Å². The first-order chi connectivity index (χ1) is 14.3. The Kier molecular flexibility index (Phi) is 3.41. The number of aromatic nitrogens is 2. The van der Waals surface area contributed by atoms with Crippen LogP contribution in [0.2, 0.25) is 0 Å². The topological polar surface area (TPSA) is 9.86 Å². The highest BCUT2D eigenvalue weighted by atomic mass is 15.0. The van der Waals surface area contributed by atoms with Crippen LogP contribution in [0.25, 0.3) is 55.9 Å². The highest BCUT2D eigenvalue weighted by Gasteiger charge is 2.09. The zero-order valence-corrected chi connectivity index (χ0v) is 16.2. The summed E-state index contributed by atoms with van der Waals surface area (Å²) < 4.78 is 4.56. The first-order valence-electron chi connectivity index (χ1n) is 9.94. The van der Waals surface area contributed by atoms with Gasteiger partial charge in [0.2, 0.25) is 0 Å². The molecule has 0 saturated carbocycles.